The van der Waals surface area contributed by atoms with Crippen LogP contribution in [0.2, 0.25) is 0 Å². The maximum absolute atomic E-state index is 4.44. The number of piperazine rings is 1. The van der Waals surface area contributed by atoms with Crippen LogP contribution in [-0.4, -0.2) is 47.6 Å². The molecule has 1 aliphatic heterocycles. The highest BCUT2D eigenvalue weighted by molar-refractivity contribution is 9.10. The molecule has 122 valence electrons. The minimum Gasteiger partial charge on any atom is -0.354 e. The Bertz CT molecular complexity index is 668. The van der Waals surface area contributed by atoms with Crippen molar-refractivity contribution < 1.29 is 0 Å². The first-order chi connectivity index (χ1) is 11.2. The SMILES string of the molecule is CCN1CCN(c2cc(Nc3ccc(Br)cc3C)ncn2)CC1. The monoisotopic (exact) mass is 375 g/mol. The van der Waals surface area contributed by atoms with Crippen molar-refractivity contribution in [1.82, 2.24) is 14.9 Å². The summed E-state index contributed by atoms with van der Waals surface area (Å²) in [4.78, 5) is 13.6. The Balaban J connectivity index is 1.72. The van der Waals surface area contributed by atoms with Crippen LogP contribution in [-0.2, 0) is 0 Å². The van der Waals surface area contributed by atoms with E-state index in [-0.39, 0.29) is 0 Å². The van der Waals surface area contributed by atoms with Crippen LogP contribution < -0.4 is 10.2 Å². The van der Waals surface area contributed by atoms with Gasteiger partial charge in [-0.15, -0.1) is 0 Å². The molecule has 3 rings (SSSR count). The summed E-state index contributed by atoms with van der Waals surface area (Å²) in [6.45, 7) is 9.63. The van der Waals surface area contributed by atoms with E-state index in [9.17, 15) is 0 Å². The number of anilines is 3. The maximum atomic E-state index is 4.44. The van der Waals surface area contributed by atoms with Crippen LogP contribution in [0.3, 0.4) is 0 Å². The third-order valence-corrected chi connectivity index (χ3v) is 4.74. The third-order valence-electron chi connectivity index (χ3n) is 4.25. The number of hydrogen-bond acceptors (Lipinski definition) is 5. The summed E-state index contributed by atoms with van der Waals surface area (Å²) >= 11 is 3.49. The van der Waals surface area contributed by atoms with E-state index in [1.807, 2.05) is 12.1 Å². The van der Waals surface area contributed by atoms with Gasteiger partial charge in [0.25, 0.3) is 0 Å². The Labute approximate surface area is 145 Å². The first kappa shape index (κ1) is 16.2. The molecule has 1 fully saturated rings. The molecule has 1 aromatic heterocycles. The number of rotatable bonds is 4. The molecule has 0 unspecified atom stereocenters. The van der Waals surface area contributed by atoms with E-state index in [1.54, 1.807) is 6.33 Å². The van der Waals surface area contributed by atoms with Crippen molar-refractivity contribution in [3.05, 3.63) is 40.6 Å². The Kier molecular flexibility index (Phi) is 5.13. The lowest BCUT2D eigenvalue weighted by Crippen LogP contribution is -2.46. The molecule has 1 aromatic carbocycles. The predicted octanol–water partition coefficient (Wildman–Crippen LogP) is 3.43. The summed E-state index contributed by atoms with van der Waals surface area (Å²) in [7, 11) is 0. The molecule has 0 saturated carbocycles. The lowest BCUT2D eigenvalue weighted by Gasteiger charge is -2.34. The smallest absolute Gasteiger partial charge is 0.135 e. The Hall–Kier alpha value is -1.66. The van der Waals surface area contributed by atoms with Gasteiger partial charge in [-0.25, -0.2) is 9.97 Å². The van der Waals surface area contributed by atoms with Crippen LogP contribution in [0.1, 0.15) is 12.5 Å². The van der Waals surface area contributed by atoms with Gasteiger partial charge in [0.2, 0.25) is 0 Å². The average Bonchev–Trinajstić information content (AvgIpc) is 2.58. The number of halogens is 1. The highest BCUT2D eigenvalue weighted by Crippen LogP contribution is 2.24. The van der Waals surface area contributed by atoms with Crippen LogP contribution >= 0.6 is 15.9 Å². The minimum atomic E-state index is 0.832. The molecule has 5 nitrogen and oxygen atoms in total. The molecule has 0 aliphatic carbocycles. The highest BCUT2D eigenvalue weighted by Gasteiger charge is 2.17. The number of aromatic nitrogens is 2. The van der Waals surface area contributed by atoms with E-state index in [0.717, 1.165) is 54.5 Å². The predicted molar refractivity (Wildman–Crippen MR) is 98.5 cm³/mol. The van der Waals surface area contributed by atoms with Gasteiger partial charge in [-0.05, 0) is 37.2 Å². The van der Waals surface area contributed by atoms with Gasteiger partial charge < -0.3 is 15.1 Å². The van der Waals surface area contributed by atoms with Crippen LogP contribution in [0.4, 0.5) is 17.3 Å². The van der Waals surface area contributed by atoms with E-state index in [2.05, 4.69) is 67.0 Å². The number of benzene rings is 1. The number of nitrogens with zero attached hydrogens (tertiary/aromatic N) is 4. The number of likely N-dealkylation sites (N-methyl/N-ethyl adjacent to an activating group) is 1. The maximum Gasteiger partial charge on any atom is 0.135 e. The van der Waals surface area contributed by atoms with Crippen LogP contribution in [0, 0.1) is 6.92 Å². The fraction of sp³-hybridized carbons (Fsp3) is 0.412. The Morgan fingerprint density at radius 1 is 1.13 bits per heavy atom. The van der Waals surface area contributed by atoms with Crippen molar-refractivity contribution >= 4 is 33.3 Å². The normalized spacial score (nSPS) is 15.7. The summed E-state index contributed by atoms with van der Waals surface area (Å²) in [6, 6.07) is 8.21. The summed E-state index contributed by atoms with van der Waals surface area (Å²) < 4.78 is 1.08. The summed E-state index contributed by atoms with van der Waals surface area (Å²) in [5, 5.41) is 3.39. The van der Waals surface area contributed by atoms with E-state index in [1.165, 1.54) is 5.56 Å². The number of nitrogens with one attached hydrogen (secondary N) is 1. The van der Waals surface area contributed by atoms with Crippen molar-refractivity contribution in [1.29, 1.82) is 0 Å². The quantitative estimate of drug-likeness (QED) is 0.886. The molecule has 6 heteroatoms. The van der Waals surface area contributed by atoms with Crippen LogP contribution in [0.15, 0.2) is 35.1 Å². The molecule has 0 radical (unpaired) electrons. The van der Waals surface area contributed by atoms with Gasteiger partial charge in [-0.1, -0.05) is 22.9 Å². The standard InChI is InChI=1S/C17H22BrN5/c1-3-22-6-8-23(9-7-22)17-11-16(19-12-20-17)21-15-5-4-14(18)10-13(15)2/h4-5,10-12H,3,6-9H2,1-2H3,(H,19,20,21). The molecule has 0 atom stereocenters. The average molecular weight is 376 g/mol. The van der Waals surface area contributed by atoms with Gasteiger partial charge in [0.1, 0.15) is 18.0 Å². The van der Waals surface area contributed by atoms with Gasteiger partial charge >= 0.3 is 0 Å². The molecule has 2 aromatic rings. The lowest BCUT2D eigenvalue weighted by atomic mass is 10.2. The van der Waals surface area contributed by atoms with Gasteiger partial charge in [-0.3, -0.25) is 0 Å². The minimum absolute atomic E-state index is 0.832. The molecule has 1 N–H and O–H groups in total. The Morgan fingerprint density at radius 2 is 1.91 bits per heavy atom. The molecular weight excluding hydrogens is 354 g/mol. The fourth-order valence-corrected chi connectivity index (χ4v) is 3.26. The molecule has 1 aliphatic rings. The zero-order valence-corrected chi connectivity index (χ0v) is 15.2. The van der Waals surface area contributed by atoms with Crippen molar-refractivity contribution in [3.63, 3.8) is 0 Å². The summed E-state index contributed by atoms with van der Waals surface area (Å²) in [5.74, 6) is 1.83. The van der Waals surface area contributed by atoms with Crippen molar-refractivity contribution in [2.75, 3.05) is 42.9 Å². The molecule has 2 heterocycles. The number of aryl methyl sites for hydroxylation is 1. The van der Waals surface area contributed by atoms with Crippen molar-refractivity contribution in [2.24, 2.45) is 0 Å². The second-order valence-corrected chi connectivity index (χ2v) is 6.68. The second-order valence-electron chi connectivity index (χ2n) is 5.77. The van der Waals surface area contributed by atoms with Crippen LogP contribution in [0.5, 0.6) is 0 Å². The summed E-state index contributed by atoms with van der Waals surface area (Å²) in [5.41, 5.74) is 2.24. The first-order valence-corrected chi connectivity index (χ1v) is 8.77. The van der Waals surface area contributed by atoms with Gasteiger partial charge in [0, 0.05) is 42.4 Å². The lowest BCUT2D eigenvalue weighted by molar-refractivity contribution is 0.270. The zero-order chi connectivity index (χ0) is 16.2. The molecule has 0 spiro atoms. The van der Waals surface area contributed by atoms with Gasteiger partial charge in [-0.2, -0.15) is 0 Å². The molecule has 0 bridgehead atoms. The Morgan fingerprint density at radius 3 is 2.61 bits per heavy atom. The zero-order valence-electron chi connectivity index (χ0n) is 13.6. The van der Waals surface area contributed by atoms with Gasteiger partial charge in [0.15, 0.2) is 0 Å². The van der Waals surface area contributed by atoms with Crippen molar-refractivity contribution in [3.8, 4) is 0 Å². The molecule has 1 saturated heterocycles. The highest BCUT2D eigenvalue weighted by atomic mass is 79.9. The van der Waals surface area contributed by atoms with Crippen LogP contribution in [0.25, 0.3) is 0 Å². The fourth-order valence-electron chi connectivity index (χ4n) is 2.79. The number of hydrogen-bond donors (Lipinski definition) is 1. The first-order valence-electron chi connectivity index (χ1n) is 7.98. The molecular formula is C17H22BrN5. The molecule has 23 heavy (non-hydrogen) atoms. The second kappa shape index (κ2) is 7.27. The van der Waals surface area contributed by atoms with Crippen molar-refractivity contribution in [2.45, 2.75) is 13.8 Å². The third kappa shape index (κ3) is 4.00. The summed E-state index contributed by atoms with van der Waals surface area (Å²) in [6.07, 6.45) is 1.64. The van der Waals surface area contributed by atoms with E-state index in [4.69, 9.17) is 0 Å². The largest absolute Gasteiger partial charge is 0.354 e. The topological polar surface area (TPSA) is 44.3 Å². The van der Waals surface area contributed by atoms with Gasteiger partial charge in [0.05, 0.1) is 0 Å². The van der Waals surface area contributed by atoms with E-state index in [0.29, 0.717) is 0 Å². The van der Waals surface area contributed by atoms with E-state index >= 15 is 0 Å². The molecule has 0 amide bonds. The van der Waals surface area contributed by atoms with E-state index < -0.39 is 0 Å².